The molecule has 2 nitrogen and oxygen atoms in total. The van der Waals surface area contributed by atoms with Crippen LogP contribution in [0.1, 0.15) is 16.7 Å². The third-order valence-corrected chi connectivity index (χ3v) is 4.13. The van der Waals surface area contributed by atoms with Crippen LogP contribution in [0.3, 0.4) is 0 Å². The highest BCUT2D eigenvalue weighted by molar-refractivity contribution is 7.80. The lowest BCUT2D eigenvalue weighted by atomic mass is 10.0. The highest BCUT2D eigenvalue weighted by atomic mass is 32.1. The molecule has 3 aromatic rings. The predicted octanol–water partition coefficient (Wildman–Crippen LogP) is 4.53. The van der Waals surface area contributed by atoms with Crippen molar-refractivity contribution < 1.29 is 8.78 Å². The number of aromatic nitrogens is 1. The zero-order valence-corrected chi connectivity index (χ0v) is 12.6. The number of pyridine rings is 1. The molecule has 1 N–H and O–H groups in total. The summed E-state index contributed by atoms with van der Waals surface area (Å²) in [4.78, 5) is 4.68. The third kappa shape index (κ3) is 2.37. The van der Waals surface area contributed by atoms with Crippen LogP contribution in [0.2, 0.25) is 0 Å². The van der Waals surface area contributed by atoms with E-state index in [1.54, 1.807) is 12.1 Å². The van der Waals surface area contributed by atoms with Crippen molar-refractivity contribution in [2.24, 2.45) is 0 Å². The van der Waals surface area contributed by atoms with Crippen LogP contribution in [0.5, 0.6) is 0 Å². The van der Waals surface area contributed by atoms with Gasteiger partial charge in [-0.15, -0.1) is 12.6 Å². The lowest BCUT2D eigenvalue weighted by Crippen LogP contribution is -2.04. The number of aryl methyl sites for hydroxylation is 1. The van der Waals surface area contributed by atoms with Crippen molar-refractivity contribution in [1.82, 2.24) is 4.98 Å². The fourth-order valence-corrected chi connectivity index (χ4v) is 2.56. The predicted molar refractivity (Wildman–Crippen MR) is 86.0 cm³/mol. The van der Waals surface area contributed by atoms with Crippen molar-refractivity contribution in [3.05, 3.63) is 70.9 Å². The van der Waals surface area contributed by atoms with E-state index in [0.29, 0.717) is 16.5 Å². The van der Waals surface area contributed by atoms with E-state index in [2.05, 4.69) is 17.6 Å². The molecule has 5 heteroatoms. The maximum Gasteiger partial charge on any atom is 0.184 e. The van der Waals surface area contributed by atoms with Gasteiger partial charge in [-0.1, -0.05) is 18.2 Å². The summed E-state index contributed by atoms with van der Waals surface area (Å²) in [6.07, 6.45) is 1.38. The minimum Gasteiger partial charge on any atom is -0.300 e. The van der Waals surface area contributed by atoms with Crippen molar-refractivity contribution in [3.8, 4) is 0 Å². The van der Waals surface area contributed by atoms with Crippen LogP contribution in [-0.2, 0) is 0 Å². The molecule has 0 unspecified atom stereocenters. The zero-order chi connectivity index (χ0) is 15.9. The molecule has 0 aliphatic rings. The Morgan fingerprint density at radius 3 is 2.73 bits per heavy atom. The van der Waals surface area contributed by atoms with Crippen LogP contribution in [0.25, 0.3) is 10.9 Å². The molecule has 22 heavy (non-hydrogen) atoms. The molecule has 1 heterocycles. The molecule has 110 valence electrons. The summed E-state index contributed by atoms with van der Waals surface area (Å²) in [5.41, 5.74) is 2.37. The van der Waals surface area contributed by atoms with Crippen LogP contribution in [0.4, 0.5) is 8.78 Å². The van der Waals surface area contributed by atoms with Crippen LogP contribution >= 0.6 is 12.6 Å². The van der Waals surface area contributed by atoms with Gasteiger partial charge >= 0.3 is 0 Å². The Bertz CT molecular complexity index is 907. The molecule has 1 aromatic heterocycles. The molecule has 0 saturated carbocycles. The van der Waals surface area contributed by atoms with Gasteiger partial charge in [-0.25, -0.2) is 8.78 Å². The van der Waals surface area contributed by atoms with Gasteiger partial charge in [-0.05, 0) is 30.7 Å². The Morgan fingerprint density at radius 1 is 1.18 bits per heavy atom. The third-order valence-electron chi connectivity index (χ3n) is 3.54. The van der Waals surface area contributed by atoms with Gasteiger partial charge in [0, 0.05) is 27.6 Å². The van der Waals surface area contributed by atoms with E-state index in [4.69, 9.17) is 5.41 Å². The van der Waals surface area contributed by atoms with Crippen LogP contribution in [0.15, 0.2) is 47.5 Å². The van der Waals surface area contributed by atoms with Crippen LogP contribution in [0, 0.1) is 24.0 Å². The normalized spacial score (nSPS) is 10.9. The topological polar surface area (TPSA) is 36.7 Å². The largest absolute Gasteiger partial charge is 0.300 e. The highest BCUT2D eigenvalue weighted by Gasteiger charge is 2.13. The standard InChI is InChI=1S/C17H12F2N2S/c1-9-3-2-4-12(17(9)22)15(20)11-7-10-5-6-13(18)14(19)16(10)21-8-11/h2-8,20,22H,1H3. The summed E-state index contributed by atoms with van der Waals surface area (Å²) in [5, 5.41) is 8.78. The number of rotatable bonds is 2. The summed E-state index contributed by atoms with van der Waals surface area (Å²) in [7, 11) is 0. The molecule has 0 spiro atoms. The van der Waals surface area contributed by atoms with E-state index in [9.17, 15) is 8.78 Å². The lowest BCUT2D eigenvalue weighted by molar-refractivity contribution is 0.515. The van der Waals surface area contributed by atoms with E-state index >= 15 is 0 Å². The average Bonchev–Trinajstić information content (AvgIpc) is 2.53. The smallest absolute Gasteiger partial charge is 0.184 e. The van der Waals surface area contributed by atoms with Gasteiger partial charge in [0.1, 0.15) is 5.52 Å². The van der Waals surface area contributed by atoms with Crippen LogP contribution < -0.4 is 0 Å². The fourth-order valence-electron chi connectivity index (χ4n) is 2.29. The number of benzene rings is 2. The zero-order valence-electron chi connectivity index (χ0n) is 11.7. The molecular formula is C17H12F2N2S. The monoisotopic (exact) mass is 314 g/mol. The molecule has 0 radical (unpaired) electrons. The van der Waals surface area contributed by atoms with Crippen molar-refractivity contribution in [3.63, 3.8) is 0 Å². The fraction of sp³-hybridized carbons (Fsp3) is 0.0588. The number of hydrogen-bond acceptors (Lipinski definition) is 3. The van der Waals surface area contributed by atoms with E-state index in [1.807, 2.05) is 19.1 Å². The molecule has 0 aliphatic heterocycles. The summed E-state index contributed by atoms with van der Waals surface area (Å²) in [6, 6.07) is 9.70. The Labute approximate surface area is 131 Å². The Balaban J connectivity index is 2.12. The molecule has 2 aromatic carbocycles. The second kappa shape index (κ2) is 5.50. The highest BCUT2D eigenvalue weighted by Crippen LogP contribution is 2.24. The summed E-state index contributed by atoms with van der Waals surface area (Å²) in [6.45, 7) is 1.91. The van der Waals surface area contributed by atoms with Crippen molar-refractivity contribution >= 4 is 29.2 Å². The number of nitrogens with one attached hydrogen (secondary N) is 1. The summed E-state index contributed by atoms with van der Waals surface area (Å²) >= 11 is 4.43. The maximum absolute atomic E-state index is 13.7. The van der Waals surface area contributed by atoms with E-state index in [0.717, 1.165) is 16.5 Å². The minimum absolute atomic E-state index is 0.0353. The van der Waals surface area contributed by atoms with Gasteiger partial charge in [0.2, 0.25) is 0 Å². The quantitative estimate of drug-likeness (QED) is 0.529. The molecule has 0 aliphatic carbocycles. The first-order valence-electron chi connectivity index (χ1n) is 6.60. The number of hydrogen-bond donors (Lipinski definition) is 2. The molecule has 0 bridgehead atoms. The lowest BCUT2D eigenvalue weighted by Gasteiger charge is -2.10. The van der Waals surface area contributed by atoms with Crippen LogP contribution in [-0.4, -0.2) is 10.7 Å². The number of thiol groups is 1. The minimum atomic E-state index is -0.971. The molecule has 0 fully saturated rings. The first-order valence-corrected chi connectivity index (χ1v) is 7.05. The summed E-state index contributed by atoms with van der Waals surface area (Å²) in [5.74, 6) is -1.90. The first-order chi connectivity index (χ1) is 10.5. The molecule has 0 amide bonds. The molecule has 0 atom stereocenters. The molecule has 0 saturated heterocycles. The first kappa shape index (κ1) is 14.7. The second-order valence-corrected chi connectivity index (χ2v) is 5.45. The molecule has 3 rings (SSSR count). The maximum atomic E-state index is 13.7. The number of nitrogens with zero attached hydrogens (tertiary/aromatic N) is 1. The van der Waals surface area contributed by atoms with Gasteiger partial charge in [0.05, 0.1) is 5.71 Å². The van der Waals surface area contributed by atoms with Gasteiger partial charge in [0.15, 0.2) is 11.6 Å². The van der Waals surface area contributed by atoms with Gasteiger partial charge in [-0.2, -0.15) is 0 Å². The van der Waals surface area contributed by atoms with E-state index in [1.165, 1.54) is 12.3 Å². The number of fused-ring (bicyclic) bond motifs is 1. The number of halogens is 2. The Kier molecular flexibility index (Phi) is 3.66. The van der Waals surface area contributed by atoms with E-state index < -0.39 is 11.6 Å². The van der Waals surface area contributed by atoms with Crippen molar-refractivity contribution in [2.45, 2.75) is 11.8 Å². The SMILES string of the molecule is Cc1cccc(C(=N)c2cnc3c(F)c(F)ccc3c2)c1S. The van der Waals surface area contributed by atoms with Crippen molar-refractivity contribution in [2.75, 3.05) is 0 Å². The summed E-state index contributed by atoms with van der Waals surface area (Å²) < 4.78 is 26.9. The Hall–Kier alpha value is -2.27. The second-order valence-electron chi connectivity index (χ2n) is 5.00. The average molecular weight is 314 g/mol. The van der Waals surface area contributed by atoms with Gasteiger partial charge in [0.25, 0.3) is 0 Å². The molecular weight excluding hydrogens is 302 g/mol. The van der Waals surface area contributed by atoms with E-state index in [-0.39, 0.29) is 11.2 Å². The Morgan fingerprint density at radius 2 is 1.95 bits per heavy atom. The van der Waals surface area contributed by atoms with Gasteiger partial charge in [-0.3, -0.25) is 10.4 Å². The van der Waals surface area contributed by atoms with Crippen molar-refractivity contribution in [1.29, 1.82) is 5.41 Å². The van der Waals surface area contributed by atoms with Gasteiger partial charge < -0.3 is 0 Å².